The fourth-order valence-corrected chi connectivity index (χ4v) is 10.4. The highest BCUT2D eigenvalue weighted by Crippen LogP contribution is 2.68. The third kappa shape index (κ3) is 3.92. The lowest BCUT2D eigenvalue weighted by Gasteiger charge is -2.62. The van der Waals surface area contributed by atoms with Gasteiger partial charge in [0.25, 0.3) is 0 Å². The Morgan fingerprint density at radius 2 is 1.56 bits per heavy atom. The van der Waals surface area contributed by atoms with Gasteiger partial charge in [-0.3, -0.25) is 4.90 Å². The van der Waals surface area contributed by atoms with E-state index in [9.17, 15) is 5.11 Å². The van der Waals surface area contributed by atoms with Crippen molar-refractivity contribution in [2.24, 2.45) is 52.3 Å². The van der Waals surface area contributed by atoms with Crippen molar-refractivity contribution >= 4 is 0 Å². The summed E-state index contributed by atoms with van der Waals surface area (Å²) in [5.74, 6) is 6.75. The second-order valence-electron chi connectivity index (χ2n) is 14.2. The molecule has 0 aromatic heterocycles. The van der Waals surface area contributed by atoms with Crippen LogP contribution in [0.15, 0.2) is 0 Å². The molecule has 5 aliphatic rings. The number of fused-ring (bicyclic) bond motifs is 5. The minimum atomic E-state index is -0.0434. The molecule has 0 spiro atoms. The lowest BCUT2D eigenvalue weighted by Crippen LogP contribution is -2.60. The molecular weight excluding hydrogens is 390 g/mol. The average molecular weight is 444 g/mol. The molecule has 4 saturated carbocycles. The predicted molar refractivity (Wildman–Crippen MR) is 134 cm³/mol. The van der Waals surface area contributed by atoms with E-state index in [-0.39, 0.29) is 6.10 Å². The highest BCUT2D eigenvalue weighted by atomic mass is 16.3. The zero-order chi connectivity index (χ0) is 22.7. The summed E-state index contributed by atoms with van der Waals surface area (Å²) >= 11 is 0. The SMILES string of the molecule is CC(C)CCC[C@@H](C)[C@H]1CC[C@H]2[C@@H]3CC[C@H]4C[C@H](N5CC(O)C5)CC[C@]4(C)[C@H]3CC[C@]12C. The molecule has 0 aromatic carbocycles. The molecule has 184 valence electrons. The van der Waals surface area contributed by atoms with Crippen LogP contribution in [0, 0.1) is 52.3 Å². The number of aliphatic hydroxyl groups excluding tert-OH is 1. The smallest absolute Gasteiger partial charge is 0.0794 e. The Kier molecular flexibility index (Phi) is 6.54. The third-order valence-corrected chi connectivity index (χ3v) is 12.2. The molecule has 2 heteroatoms. The molecule has 0 amide bonds. The molecule has 1 N–H and O–H groups in total. The molecule has 0 unspecified atom stereocenters. The second-order valence-corrected chi connectivity index (χ2v) is 14.2. The summed E-state index contributed by atoms with van der Waals surface area (Å²) in [7, 11) is 0. The van der Waals surface area contributed by atoms with Gasteiger partial charge >= 0.3 is 0 Å². The van der Waals surface area contributed by atoms with Crippen LogP contribution in [-0.4, -0.2) is 35.2 Å². The van der Waals surface area contributed by atoms with Crippen LogP contribution >= 0.6 is 0 Å². The summed E-state index contributed by atoms with van der Waals surface area (Å²) in [6.07, 6.45) is 17.6. The molecule has 5 rings (SSSR count). The van der Waals surface area contributed by atoms with Gasteiger partial charge in [0.1, 0.15) is 0 Å². The molecule has 0 radical (unpaired) electrons. The first-order valence-electron chi connectivity index (χ1n) is 14.6. The van der Waals surface area contributed by atoms with E-state index in [2.05, 4.69) is 39.5 Å². The van der Waals surface area contributed by atoms with E-state index in [1.807, 2.05) is 0 Å². The number of nitrogens with zero attached hydrogens (tertiary/aromatic N) is 1. The van der Waals surface area contributed by atoms with E-state index < -0.39 is 0 Å². The summed E-state index contributed by atoms with van der Waals surface area (Å²) in [5.41, 5.74) is 1.23. The second kappa shape index (κ2) is 8.85. The van der Waals surface area contributed by atoms with Crippen molar-refractivity contribution in [1.82, 2.24) is 4.90 Å². The molecule has 4 aliphatic carbocycles. The van der Waals surface area contributed by atoms with Crippen molar-refractivity contribution in [3.8, 4) is 0 Å². The molecule has 0 bridgehead atoms. The number of rotatable bonds is 6. The number of hydrogen-bond acceptors (Lipinski definition) is 2. The van der Waals surface area contributed by atoms with Gasteiger partial charge in [-0.1, -0.05) is 53.9 Å². The Balaban J connectivity index is 1.24. The summed E-state index contributed by atoms with van der Waals surface area (Å²) in [6.45, 7) is 14.7. The molecule has 0 aromatic rings. The topological polar surface area (TPSA) is 23.5 Å². The van der Waals surface area contributed by atoms with Gasteiger partial charge in [0.15, 0.2) is 0 Å². The third-order valence-electron chi connectivity index (χ3n) is 12.2. The highest BCUT2D eigenvalue weighted by Gasteiger charge is 2.60. The number of likely N-dealkylation sites (tertiary alicyclic amines) is 1. The van der Waals surface area contributed by atoms with E-state index in [0.29, 0.717) is 10.8 Å². The Bertz CT molecular complexity index is 655. The van der Waals surface area contributed by atoms with Crippen LogP contribution in [0.4, 0.5) is 0 Å². The molecule has 1 saturated heterocycles. The lowest BCUT2D eigenvalue weighted by molar-refractivity contribution is -0.133. The first kappa shape index (κ1) is 23.7. The maximum Gasteiger partial charge on any atom is 0.0794 e. The molecule has 9 atom stereocenters. The fourth-order valence-electron chi connectivity index (χ4n) is 10.4. The molecule has 32 heavy (non-hydrogen) atoms. The Morgan fingerprint density at radius 1 is 0.844 bits per heavy atom. The summed E-state index contributed by atoms with van der Waals surface area (Å²) < 4.78 is 0. The molecular formula is C30H53NO. The Labute approximate surface area is 199 Å². The van der Waals surface area contributed by atoms with Crippen LogP contribution in [0.2, 0.25) is 0 Å². The summed E-state index contributed by atoms with van der Waals surface area (Å²) in [4.78, 5) is 2.59. The lowest BCUT2D eigenvalue weighted by atomic mass is 9.44. The van der Waals surface area contributed by atoms with E-state index in [1.165, 1.54) is 77.0 Å². The van der Waals surface area contributed by atoms with Gasteiger partial charge < -0.3 is 5.11 Å². The van der Waals surface area contributed by atoms with E-state index in [1.54, 1.807) is 0 Å². The van der Waals surface area contributed by atoms with Gasteiger partial charge in [0.05, 0.1) is 6.10 Å². The zero-order valence-electron chi connectivity index (χ0n) is 22.0. The average Bonchev–Trinajstić information content (AvgIpc) is 3.08. The van der Waals surface area contributed by atoms with Crippen molar-refractivity contribution in [3.63, 3.8) is 0 Å². The van der Waals surface area contributed by atoms with E-state index >= 15 is 0 Å². The first-order chi connectivity index (χ1) is 15.2. The zero-order valence-corrected chi connectivity index (χ0v) is 22.0. The molecule has 2 nitrogen and oxygen atoms in total. The van der Waals surface area contributed by atoms with Crippen molar-refractivity contribution < 1.29 is 5.11 Å². The van der Waals surface area contributed by atoms with Gasteiger partial charge in [-0.15, -0.1) is 0 Å². The maximum atomic E-state index is 9.79. The Hall–Kier alpha value is -0.0800. The van der Waals surface area contributed by atoms with Crippen molar-refractivity contribution in [1.29, 1.82) is 0 Å². The molecule has 1 heterocycles. The van der Waals surface area contributed by atoms with Crippen LogP contribution in [0.1, 0.15) is 112 Å². The fraction of sp³-hybridized carbons (Fsp3) is 1.00. The van der Waals surface area contributed by atoms with Gasteiger partial charge in [0.2, 0.25) is 0 Å². The van der Waals surface area contributed by atoms with Gasteiger partial charge in [-0.2, -0.15) is 0 Å². The highest BCUT2D eigenvalue weighted by molar-refractivity contribution is 5.10. The van der Waals surface area contributed by atoms with Crippen LogP contribution in [0.5, 0.6) is 0 Å². The summed E-state index contributed by atoms with van der Waals surface area (Å²) in [5, 5.41) is 9.79. The standard InChI is InChI=1S/C30H53NO/c1-20(2)7-6-8-21(3)26-11-12-27-25-10-9-22-17-23(31-18-24(32)19-31)13-15-29(22,4)28(25)14-16-30(26,27)5/h20-28,32H,6-19H2,1-5H3/t21-,22+,23-,25+,26-,27+,28+,29+,30-/m1/s1. The molecule has 1 aliphatic heterocycles. The number of β-amino-alcohol motifs (C(OH)–C–C–N with tert-alkyl or cyclic N) is 1. The van der Waals surface area contributed by atoms with Gasteiger partial charge in [0, 0.05) is 19.1 Å². The van der Waals surface area contributed by atoms with Crippen LogP contribution in [-0.2, 0) is 0 Å². The van der Waals surface area contributed by atoms with Crippen molar-refractivity contribution in [2.45, 2.75) is 124 Å². The summed E-state index contributed by atoms with van der Waals surface area (Å²) in [6, 6.07) is 0.768. The number of hydrogen-bond donors (Lipinski definition) is 1. The van der Waals surface area contributed by atoms with Gasteiger partial charge in [-0.05, 0) is 110 Å². The van der Waals surface area contributed by atoms with Gasteiger partial charge in [-0.25, -0.2) is 0 Å². The quantitative estimate of drug-likeness (QED) is 0.471. The van der Waals surface area contributed by atoms with E-state index in [0.717, 1.165) is 60.6 Å². The van der Waals surface area contributed by atoms with Crippen LogP contribution in [0.25, 0.3) is 0 Å². The largest absolute Gasteiger partial charge is 0.390 e. The minimum Gasteiger partial charge on any atom is -0.390 e. The number of aliphatic hydroxyl groups is 1. The Morgan fingerprint density at radius 3 is 2.28 bits per heavy atom. The minimum absolute atomic E-state index is 0.0434. The van der Waals surface area contributed by atoms with Crippen molar-refractivity contribution in [2.75, 3.05) is 13.1 Å². The van der Waals surface area contributed by atoms with Crippen LogP contribution in [0.3, 0.4) is 0 Å². The van der Waals surface area contributed by atoms with Crippen molar-refractivity contribution in [3.05, 3.63) is 0 Å². The first-order valence-corrected chi connectivity index (χ1v) is 14.6. The monoisotopic (exact) mass is 443 g/mol. The predicted octanol–water partition coefficient (Wildman–Crippen LogP) is 7.15. The van der Waals surface area contributed by atoms with Crippen LogP contribution < -0.4 is 0 Å². The molecule has 5 fully saturated rings. The normalized spacial score (nSPS) is 48.1. The maximum absolute atomic E-state index is 9.79. The van der Waals surface area contributed by atoms with E-state index in [4.69, 9.17) is 0 Å².